The van der Waals surface area contributed by atoms with Crippen molar-refractivity contribution in [2.45, 2.75) is 44.9 Å². The van der Waals surface area contributed by atoms with Crippen LogP contribution < -0.4 is 0 Å². The fraction of sp³-hybridized carbons (Fsp3) is 0.467. The van der Waals surface area contributed by atoms with Crippen LogP contribution in [0.4, 0.5) is 0 Å². The number of halogens is 1. The fourth-order valence-corrected chi connectivity index (χ4v) is 2.13. The van der Waals surface area contributed by atoms with Gasteiger partial charge < -0.3 is 0 Å². The van der Waals surface area contributed by atoms with Gasteiger partial charge in [0, 0.05) is 11.5 Å². The van der Waals surface area contributed by atoms with E-state index in [1.54, 1.807) is 5.54 Å². The molecule has 1 aromatic rings. The van der Waals surface area contributed by atoms with E-state index in [0.29, 0.717) is 5.92 Å². The lowest BCUT2D eigenvalue weighted by atomic mass is 9.93. The van der Waals surface area contributed by atoms with Crippen molar-refractivity contribution >= 4 is 11.6 Å². The van der Waals surface area contributed by atoms with Gasteiger partial charge in [-0.1, -0.05) is 80.6 Å². The Morgan fingerprint density at radius 2 is 1.88 bits per heavy atom. The van der Waals surface area contributed by atoms with Gasteiger partial charge in [-0.3, -0.25) is 0 Å². The molecule has 0 unspecified atom stereocenters. The molecule has 0 amide bonds. The summed E-state index contributed by atoms with van der Waals surface area (Å²) in [6, 6.07) is 10.6. The van der Waals surface area contributed by atoms with Gasteiger partial charge in [0.25, 0.3) is 0 Å². The lowest BCUT2D eigenvalue weighted by Gasteiger charge is -2.12. The molecule has 0 aliphatic heterocycles. The molecule has 0 aromatic heterocycles. The predicted molar refractivity (Wildman–Crippen MR) is 72.9 cm³/mol. The Hall–Kier alpha value is -0.750. The van der Waals surface area contributed by atoms with Crippen LogP contribution in [0.5, 0.6) is 0 Å². The Bertz CT molecular complexity index is 290. The van der Waals surface area contributed by atoms with E-state index in [9.17, 15) is 0 Å². The zero-order chi connectivity index (χ0) is 11.6. The number of unbranched alkanes of at least 4 members (excludes halogenated alkanes) is 3. The van der Waals surface area contributed by atoms with E-state index in [2.05, 4.69) is 43.3 Å². The Balaban J connectivity index is 2.48. The van der Waals surface area contributed by atoms with Crippen LogP contribution in [0.2, 0.25) is 0 Å². The van der Waals surface area contributed by atoms with E-state index in [0.717, 1.165) is 0 Å². The highest BCUT2D eigenvalue weighted by atomic mass is 35.5. The van der Waals surface area contributed by atoms with Crippen molar-refractivity contribution in [3.8, 4) is 0 Å². The average molecular weight is 237 g/mol. The summed E-state index contributed by atoms with van der Waals surface area (Å²) in [6.45, 7) is 2.24. The Morgan fingerprint density at radius 1 is 1.12 bits per heavy atom. The van der Waals surface area contributed by atoms with Gasteiger partial charge in [-0.15, -0.1) is 0 Å². The maximum atomic E-state index is 5.71. The van der Waals surface area contributed by atoms with Crippen LogP contribution >= 0.6 is 11.6 Å². The molecule has 88 valence electrons. The van der Waals surface area contributed by atoms with Gasteiger partial charge in [0.15, 0.2) is 0 Å². The third-order valence-corrected chi connectivity index (χ3v) is 3.05. The molecule has 1 atom stereocenters. The van der Waals surface area contributed by atoms with Crippen molar-refractivity contribution in [1.82, 2.24) is 0 Å². The van der Waals surface area contributed by atoms with E-state index in [-0.39, 0.29) is 0 Å². The third kappa shape index (κ3) is 4.85. The highest BCUT2D eigenvalue weighted by Gasteiger charge is 2.06. The molecule has 16 heavy (non-hydrogen) atoms. The van der Waals surface area contributed by atoms with Gasteiger partial charge in [0.05, 0.1) is 0 Å². The molecule has 0 bridgehead atoms. The minimum Gasteiger partial charge on any atom is -0.0933 e. The molecule has 0 aliphatic carbocycles. The molecule has 1 rings (SSSR count). The van der Waals surface area contributed by atoms with Crippen LogP contribution in [0, 0.1) is 0 Å². The third-order valence-electron chi connectivity index (χ3n) is 2.90. The highest BCUT2D eigenvalue weighted by Crippen LogP contribution is 2.24. The van der Waals surface area contributed by atoms with E-state index in [1.165, 1.54) is 37.7 Å². The second kappa shape index (κ2) is 8.41. The van der Waals surface area contributed by atoms with Crippen molar-refractivity contribution in [3.05, 3.63) is 47.5 Å². The van der Waals surface area contributed by atoms with Crippen LogP contribution in [0.25, 0.3) is 0 Å². The summed E-state index contributed by atoms with van der Waals surface area (Å²) < 4.78 is 0. The summed E-state index contributed by atoms with van der Waals surface area (Å²) in [5, 5.41) is 0. The summed E-state index contributed by atoms with van der Waals surface area (Å²) in [4.78, 5) is 0. The average Bonchev–Trinajstić information content (AvgIpc) is 2.34. The maximum Gasteiger partial charge on any atom is 0.00296 e. The van der Waals surface area contributed by atoms with E-state index in [1.807, 2.05) is 0 Å². The lowest BCUT2D eigenvalue weighted by Crippen LogP contribution is -1.95. The number of allylic oxidation sites excluding steroid dienone is 1. The summed E-state index contributed by atoms with van der Waals surface area (Å²) in [7, 11) is 0. The van der Waals surface area contributed by atoms with Gasteiger partial charge in [-0.2, -0.15) is 0 Å². The van der Waals surface area contributed by atoms with Crippen LogP contribution in [0.15, 0.2) is 41.9 Å². The predicted octanol–water partition coefficient (Wildman–Crippen LogP) is 5.49. The standard InChI is InChI=1S/C15H21Cl/c1-2-3-4-6-11-15(12-13-16)14-9-7-5-8-10-14/h5,7-10,12-13,15H,2-4,6,11H2,1H3/b13-12-/t15-/m0/s1. The van der Waals surface area contributed by atoms with Gasteiger partial charge >= 0.3 is 0 Å². The zero-order valence-corrected chi connectivity index (χ0v) is 10.8. The molecular weight excluding hydrogens is 216 g/mol. The summed E-state index contributed by atoms with van der Waals surface area (Å²) in [5.74, 6) is 0.482. The summed E-state index contributed by atoms with van der Waals surface area (Å²) >= 11 is 5.71. The van der Waals surface area contributed by atoms with Gasteiger partial charge in [0.1, 0.15) is 0 Å². The molecule has 0 heterocycles. The second-order valence-electron chi connectivity index (χ2n) is 4.18. The summed E-state index contributed by atoms with van der Waals surface area (Å²) in [6.07, 6.45) is 8.55. The number of hydrogen-bond donors (Lipinski definition) is 0. The second-order valence-corrected chi connectivity index (χ2v) is 4.44. The molecule has 0 nitrogen and oxygen atoms in total. The molecule has 0 spiro atoms. The SMILES string of the molecule is CCCCCC[C@@H](/C=C\Cl)c1ccccc1. The minimum atomic E-state index is 0.482. The molecule has 0 aliphatic rings. The molecule has 1 heteroatoms. The quantitative estimate of drug-likeness (QED) is 0.549. The van der Waals surface area contributed by atoms with E-state index < -0.39 is 0 Å². The first-order valence-electron chi connectivity index (χ1n) is 6.20. The van der Waals surface area contributed by atoms with Crippen LogP contribution in [-0.2, 0) is 0 Å². The van der Waals surface area contributed by atoms with Crippen molar-refractivity contribution in [3.63, 3.8) is 0 Å². The Labute approximate surface area is 104 Å². The maximum absolute atomic E-state index is 5.71. The Morgan fingerprint density at radius 3 is 2.50 bits per heavy atom. The highest BCUT2D eigenvalue weighted by molar-refractivity contribution is 6.25. The van der Waals surface area contributed by atoms with Crippen LogP contribution in [0.3, 0.4) is 0 Å². The van der Waals surface area contributed by atoms with Crippen molar-refractivity contribution in [2.24, 2.45) is 0 Å². The van der Waals surface area contributed by atoms with Crippen molar-refractivity contribution in [2.75, 3.05) is 0 Å². The number of rotatable bonds is 7. The molecule has 0 N–H and O–H groups in total. The van der Waals surface area contributed by atoms with Gasteiger partial charge in [0.2, 0.25) is 0 Å². The number of benzene rings is 1. The lowest BCUT2D eigenvalue weighted by molar-refractivity contribution is 0.604. The molecule has 0 saturated carbocycles. The molecule has 0 fully saturated rings. The first kappa shape index (κ1) is 13.3. The minimum absolute atomic E-state index is 0.482. The summed E-state index contributed by atoms with van der Waals surface area (Å²) in [5.41, 5.74) is 3.02. The van der Waals surface area contributed by atoms with Gasteiger partial charge in [-0.25, -0.2) is 0 Å². The first-order valence-corrected chi connectivity index (χ1v) is 6.64. The molecule has 1 aromatic carbocycles. The first-order chi connectivity index (χ1) is 7.88. The molecule has 0 radical (unpaired) electrons. The van der Waals surface area contributed by atoms with Crippen molar-refractivity contribution in [1.29, 1.82) is 0 Å². The molecular formula is C15H21Cl. The Kier molecular flexibility index (Phi) is 7.00. The zero-order valence-electron chi connectivity index (χ0n) is 10.0. The monoisotopic (exact) mass is 236 g/mol. The fourth-order valence-electron chi connectivity index (χ4n) is 1.95. The normalized spacial score (nSPS) is 13.1. The van der Waals surface area contributed by atoms with Gasteiger partial charge in [-0.05, 0) is 12.0 Å². The van der Waals surface area contributed by atoms with E-state index in [4.69, 9.17) is 11.6 Å². The smallest absolute Gasteiger partial charge is 0.00296 e. The topological polar surface area (TPSA) is 0 Å². The molecule has 0 saturated heterocycles. The van der Waals surface area contributed by atoms with E-state index >= 15 is 0 Å². The number of hydrogen-bond acceptors (Lipinski definition) is 0. The van der Waals surface area contributed by atoms with Crippen LogP contribution in [0.1, 0.15) is 50.5 Å². The van der Waals surface area contributed by atoms with Crippen LogP contribution in [-0.4, -0.2) is 0 Å². The van der Waals surface area contributed by atoms with Crippen molar-refractivity contribution < 1.29 is 0 Å². The largest absolute Gasteiger partial charge is 0.0933 e.